The van der Waals surface area contributed by atoms with Gasteiger partial charge in [-0.3, -0.25) is 0 Å². The van der Waals surface area contributed by atoms with Crippen LogP contribution in [0.2, 0.25) is 5.02 Å². The predicted octanol–water partition coefficient (Wildman–Crippen LogP) is 3.80. The van der Waals surface area contributed by atoms with E-state index in [2.05, 4.69) is 26.1 Å². The Hall–Kier alpha value is -0.780. The van der Waals surface area contributed by atoms with Crippen LogP contribution in [-0.2, 0) is 12.5 Å². The molecule has 0 saturated carbocycles. The van der Waals surface area contributed by atoms with Crippen LogP contribution in [0.1, 0.15) is 11.8 Å². The second-order valence-corrected chi connectivity index (χ2v) is 4.64. The summed E-state index contributed by atoms with van der Waals surface area (Å²) in [6.07, 6.45) is 0. The molecule has 1 aromatic carbocycles. The second kappa shape index (κ2) is 5.71. The molecule has 0 atom stereocenters. The molecule has 0 fully saturated rings. The highest BCUT2D eigenvalue weighted by atomic mass is 79.9. The summed E-state index contributed by atoms with van der Waals surface area (Å²) in [7, 11) is 0. The summed E-state index contributed by atoms with van der Waals surface area (Å²) in [6.45, 7) is 0.185. The first-order chi connectivity index (χ1) is 8.19. The summed E-state index contributed by atoms with van der Waals surface area (Å²) in [5, 5.41) is 8.13. The average Bonchev–Trinajstić information content (AvgIpc) is 2.76. The minimum Gasteiger partial charge on any atom is -0.483 e. The van der Waals surface area contributed by atoms with Crippen molar-refractivity contribution in [1.82, 2.24) is 10.2 Å². The summed E-state index contributed by atoms with van der Waals surface area (Å²) >= 11 is 14.7. The van der Waals surface area contributed by atoms with Crippen molar-refractivity contribution in [3.63, 3.8) is 0 Å². The van der Waals surface area contributed by atoms with E-state index < -0.39 is 0 Å². The maximum Gasteiger partial charge on any atom is 0.253 e. The third-order valence-electron chi connectivity index (χ3n) is 1.87. The van der Waals surface area contributed by atoms with E-state index in [0.717, 1.165) is 4.47 Å². The Morgan fingerprint density at radius 1 is 1.29 bits per heavy atom. The van der Waals surface area contributed by atoms with E-state index in [0.29, 0.717) is 22.6 Å². The van der Waals surface area contributed by atoms with Crippen LogP contribution in [0.4, 0.5) is 0 Å². The lowest BCUT2D eigenvalue weighted by Crippen LogP contribution is -1.96. The molecule has 2 rings (SSSR count). The first-order valence-corrected chi connectivity index (χ1v) is 6.34. The van der Waals surface area contributed by atoms with Gasteiger partial charge in [-0.05, 0) is 34.1 Å². The lowest BCUT2D eigenvalue weighted by Gasteiger charge is -2.05. The van der Waals surface area contributed by atoms with Crippen molar-refractivity contribution >= 4 is 39.1 Å². The van der Waals surface area contributed by atoms with E-state index in [1.165, 1.54) is 0 Å². The van der Waals surface area contributed by atoms with Gasteiger partial charge >= 0.3 is 0 Å². The molecule has 0 radical (unpaired) electrons. The maximum atomic E-state index is 5.82. The van der Waals surface area contributed by atoms with Gasteiger partial charge in [0.25, 0.3) is 5.89 Å². The van der Waals surface area contributed by atoms with Gasteiger partial charge < -0.3 is 9.15 Å². The number of rotatable bonds is 4. The van der Waals surface area contributed by atoms with Crippen LogP contribution in [0.3, 0.4) is 0 Å². The van der Waals surface area contributed by atoms with Gasteiger partial charge in [0.05, 0.1) is 4.47 Å². The number of alkyl halides is 1. The van der Waals surface area contributed by atoms with Crippen molar-refractivity contribution < 1.29 is 9.15 Å². The average molecular weight is 338 g/mol. The normalized spacial score (nSPS) is 10.5. The number of hydrogen-bond acceptors (Lipinski definition) is 4. The third-order valence-corrected chi connectivity index (χ3v) is 2.95. The van der Waals surface area contributed by atoms with Crippen LogP contribution in [0.25, 0.3) is 0 Å². The molecule has 0 spiro atoms. The van der Waals surface area contributed by atoms with Crippen molar-refractivity contribution in [2.75, 3.05) is 0 Å². The molecule has 90 valence electrons. The first-order valence-electron chi connectivity index (χ1n) is 4.64. The summed E-state index contributed by atoms with van der Waals surface area (Å²) in [5.41, 5.74) is 0. The Bertz CT molecular complexity index is 519. The summed E-state index contributed by atoms with van der Waals surface area (Å²) in [6, 6.07) is 5.24. The monoisotopic (exact) mass is 336 g/mol. The zero-order valence-electron chi connectivity index (χ0n) is 8.49. The van der Waals surface area contributed by atoms with E-state index in [1.54, 1.807) is 18.2 Å². The van der Waals surface area contributed by atoms with Gasteiger partial charge in [0.2, 0.25) is 5.89 Å². The van der Waals surface area contributed by atoms with E-state index >= 15 is 0 Å². The highest BCUT2D eigenvalue weighted by Gasteiger charge is 2.07. The van der Waals surface area contributed by atoms with Crippen molar-refractivity contribution in [3.05, 3.63) is 39.5 Å². The summed E-state index contributed by atoms with van der Waals surface area (Å²) in [4.78, 5) is 0. The molecule has 0 saturated heterocycles. The fourth-order valence-electron chi connectivity index (χ4n) is 1.13. The van der Waals surface area contributed by atoms with Crippen molar-refractivity contribution in [2.24, 2.45) is 0 Å². The third kappa shape index (κ3) is 3.34. The zero-order chi connectivity index (χ0) is 12.3. The largest absolute Gasteiger partial charge is 0.483 e. The molecule has 1 heterocycles. The van der Waals surface area contributed by atoms with Crippen molar-refractivity contribution in [3.8, 4) is 5.75 Å². The molecule has 0 amide bonds. The number of halogens is 3. The van der Waals surface area contributed by atoms with Gasteiger partial charge in [-0.15, -0.1) is 21.8 Å². The molecule has 0 bridgehead atoms. The molecular weight excluding hydrogens is 331 g/mol. The van der Waals surface area contributed by atoms with Gasteiger partial charge in [0, 0.05) is 5.02 Å². The highest BCUT2D eigenvalue weighted by molar-refractivity contribution is 9.10. The molecule has 17 heavy (non-hydrogen) atoms. The number of hydrogen-bond donors (Lipinski definition) is 0. The fourth-order valence-corrected chi connectivity index (χ4v) is 2.04. The Morgan fingerprint density at radius 2 is 2.06 bits per heavy atom. The molecule has 0 unspecified atom stereocenters. The molecule has 0 aliphatic carbocycles. The Labute approximate surface area is 116 Å². The van der Waals surface area contributed by atoms with Gasteiger partial charge in [0.1, 0.15) is 11.6 Å². The number of nitrogens with zero attached hydrogens (tertiary/aromatic N) is 2. The predicted molar refractivity (Wildman–Crippen MR) is 67.3 cm³/mol. The molecule has 0 aliphatic heterocycles. The Kier molecular flexibility index (Phi) is 4.25. The number of benzene rings is 1. The SMILES string of the molecule is ClCc1nnc(COc2ccc(Cl)cc2Br)o1. The number of ether oxygens (including phenoxy) is 1. The van der Waals surface area contributed by atoms with Gasteiger partial charge in [-0.1, -0.05) is 11.6 Å². The van der Waals surface area contributed by atoms with Crippen LogP contribution in [-0.4, -0.2) is 10.2 Å². The Balaban J connectivity index is 2.02. The van der Waals surface area contributed by atoms with Crippen molar-refractivity contribution in [2.45, 2.75) is 12.5 Å². The van der Waals surface area contributed by atoms with Crippen LogP contribution >= 0.6 is 39.1 Å². The van der Waals surface area contributed by atoms with E-state index in [1.807, 2.05) is 0 Å². The molecule has 7 heteroatoms. The topological polar surface area (TPSA) is 48.2 Å². The van der Waals surface area contributed by atoms with Gasteiger partial charge in [-0.25, -0.2) is 0 Å². The standard InChI is InChI=1S/C10H7BrCl2N2O2/c11-7-3-6(13)1-2-8(7)16-5-10-15-14-9(4-12)17-10/h1-3H,4-5H2. The van der Waals surface area contributed by atoms with Crippen LogP contribution in [0, 0.1) is 0 Å². The van der Waals surface area contributed by atoms with Crippen LogP contribution in [0.15, 0.2) is 27.1 Å². The molecule has 1 aromatic heterocycles. The minimum absolute atomic E-state index is 0.185. The molecule has 0 N–H and O–H groups in total. The Morgan fingerprint density at radius 3 is 2.71 bits per heavy atom. The van der Waals surface area contributed by atoms with E-state index in [4.69, 9.17) is 32.4 Å². The molecule has 2 aromatic rings. The van der Waals surface area contributed by atoms with E-state index in [-0.39, 0.29) is 12.5 Å². The number of aromatic nitrogens is 2. The first kappa shape index (κ1) is 12.7. The maximum absolute atomic E-state index is 5.82. The molecule has 0 aliphatic rings. The van der Waals surface area contributed by atoms with Crippen LogP contribution < -0.4 is 4.74 Å². The smallest absolute Gasteiger partial charge is 0.253 e. The van der Waals surface area contributed by atoms with Crippen LogP contribution in [0.5, 0.6) is 5.75 Å². The summed E-state index contributed by atoms with van der Waals surface area (Å²) in [5.74, 6) is 1.60. The lowest BCUT2D eigenvalue weighted by molar-refractivity contribution is 0.258. The lowest BCUT2D eigenvalue weighted by atomic mass is 10.3. The fraction of sp³-hybridized carbons (Fsp3) is 0.200. The second-order valence-electron chi connectivity index (χ2n) is 3.09. The van der Waals surface area contributed by atoms with Crippen molar-refractivity contribution in [1.29, 1.82) is 0 Å². The van der Waals surface area contributed by atoms with Gasteiger partial charge in [0.15, 0.2) is 6.61 Å². The highest BCUT2D eigenvalue weighted by Crippen LogP contribution is 2.28. The summed E-state index contributed by atoms with van der Waals surface area (Å²) < 4.78 is 11.5. The minimum atomic E-state index is 0.185. The molecular formula is C10H7BrCl2N2O2. The van der Waals surface area contributed by atoms with E-state index in [9.17, 15) is 0 Å². The molecule has 4 nitrogen and oxygen atoms in total. The quantitative estimate of drug-likeness (QED) is 0.796. The van der Waals surface area contributed by atoms with Gasteiger partial charge in [-0.2, -0.15) is 0 Å². The zero-order valence-corrected chi connectivity index (χ0v) is 11.6.